The van der Waals surface area contributed by atoms with Crippen LogP contribution in [0.15, 0.2) is 16.9 Å². The molecule has 19 heavy (non-hydrogen) atoms. The minimum Gasteiger partial charge on any atom is -0.306 e. The first-order valence-electron chi connectivity index (χ1n) is 6.62. The zero-order chi connectivity index (χ0) is 14.2. The van der Waals surface area contributed by atoms with E-state index < -0.39 is 0 Å². The molecule has 0 aliphatic heterocycles. The zero-order valence-corrected chi connectivity index (χ0v) is 12.2. The number of benzene rings is 1. The van der Waals surface area contributed by atoms with E-state index in [9.17, 15) is 4.79 Å². The monoisotopic (exact) mass is 256 g/mol. The highest BCUT2D eigenvalue weighted by Crippen LogP contribution is 2.25. The van der Waals surface area contributed by atoms with Gasteiger partial charge in [-0.3, -0.25) is 4.79 Å². The van der Waals surface area contributed by atoms with Crippen LogP contribution in [0, 0.1) is 27.7 Å². The Kier molecular flexibility index (Phi) is 3.56. The molecule has 1 N–H and O–H groups in total. The number of aromatic amines is 1. The second-order valence-corrected chi connectivity index (χ2v) is 5.11. The maximum atomic E-state index is 12.0. The third-order valence-corrected chi connectivity index (χ3v) is 3.50. The Labute approximate surface area is 113 Å². The summed E-state index contributed by atoms with van der Waals surface area (Å²) < 4.78 is 0. The van der Waals surface area contributed by atoms with Gasteiger partial charge < -0.3 is 4.98 Å². The summed E-state index contributed by atoms with van der Waals surface area (Å²) in [6.07, 6.45) is 0.771. The van der Waals surface area contributed by atoms with Crippen molar-refractivity contribution < 1.29 is 0 Å². The van der Waals surface area contributed by atoms with E-state index in [1.165, 1.54) is 5.56 Å². The predicted octanol–water partition coefficient (Wildman–Crippen LogP) is 3.23. The second kappa shape index (κ2) is 5.00. The highest BCUT2D eigenvalue weighted by molar-refractivity contribution is 5.65. The highest BCUT2D eigenvalue weighted by atomic mass is 16.1. The molecule has 100 valence electrons. The number of nitrogens with one attached hydrogen (secondary N) is 1. The van der Waals surface area contributed by atoms with Gasteiger partial charge in [-0.25, -0.2) is 4.98 Å². The van der Waals surface area contributed by atoms with Gasteiger partial charge in [-0.1, -0.05) is 24.6 Å². The van der Waals surface area contributed by atoms with E-state index >= 15 is 0 Å². The first kappa shape index (κ1) is 13.5. The second-order valence-electron chi connectivity index (χ2n) is 5.11. The molecule has 0 amide bonds. The van der Waals surface area contributed by atoms with Gasteiger partial charge in [-0.15, -0.1) is 0 Å². The topological polar surface area (TPSA) is 45.8 Å². The molecule has 0 saturated carbocycles. The molecule has 0 aliphatic carbocycles. The van der Waals surface area contributed by atoms with Crippen LogP contribution in [-0.2, 0) is 6.42 Å². The van der Waals surface area contributed by atoms with Crippen LogP contribution in [0.2, 0.25) is 0 Å². The van der Waals surface area contributed by atoms with Gasteiger partial charge in [0.05, 0.1) is 5.69 Å². The van der Waals surface area contributed by atoms with Gasteiger partial charge in [-0.05, 0) is 45.2 Å². The van der Waals surface area contributed by atoms with E-state index in [1.54, 1.807) is 0 Å². The minimum absolute atomic E-state index is 0.0405. The van der Waals surface area contributed by atoms with Crippen LogP contribution in [-0.4, -0.2) is 9.97 Å². The SMILES string of the molecule is CCc1nc(-c2c(C)cc(C)cc2C)[nH]c(=O)c1C. The average Bonchev–Trinajstić information content (AvgIpc) is 2.32. The molecule has 0 bridgehead atoms. The summed E-state index contributed by atoms with van der Waals surface area (Å²) in [6, 6.07) is 4.24. The molecule has 2 rings (SSSR count). The fraction of sp³-hybridized carbons (Fsp3) is 0.375. The molecular weight excluding hydrogens is 236 g/mol. The van der Waals surface area contributed by atoms with E-state index in [4.69, 9.17) is 0 Å². The predicted molar refractivity (Wildman–Crippen MR) is 78.6 cm³/mol. The molecule has 1 aromatic carbocycles. The summed E-state index contributed by atoms with van der Waals surface area (Å²) in [5, 5.41) is 0. The van der Waals surface area contributed by atoms with Gasteiger partial charge in [0.1, 0.15) is 5.82 Å². The quantitative estimate of drug-likeness (QED) is 0.896. The first-order chi connectivity index (χ1) is 8.93. The molecule has 0 atom stereocenters. The summed E-state index contributed by atoms with van der Waals surface area (Å²) in [4.78, 5) is 19.5. The summed E-state index contributed by atoms with van der Waals surface area (Å²) in [5.41, 5.74) is 6.10. The summed E-state index contributed by atoms with van der Waals surface area (Å²) in [7, 11) is 0. The number of H-pyrrole nitrogens is 1. The van der Waals surface area contributed by atoms with Crippen molar-refractivity contribution in [3.8, 4) is 11.4 Å². The number of aryl methyl sites for hydroxylation is 4. The van der Waals surface area contributed by atoms with Crippen molar-refractivity contribution in [2.45, 2.75) is 41.0 Å². The van der Waals surface area contributed by atoms with Crippen LogP contribution < -0.4 is 5.56 Å². The summed E-state index contributed by atoms with van der Waals surface area (Å²) >= 11 is 0. The highest BCUT2D eigenvalue weighted by Gasteiger charge is 2.12. The molecule has 0 radical (unpaired) electrons. The molecule has 0 unspecified atom stereocenters. The Bertz CT molecular complexity index is 661. The van der Waals surface area contributed by atoms with Gasteiger partial charge >= 0.3 is 0 Å². The number of hydrogen-bond acceptors (Lipinski definition) is 2. The van der Waals surface area contributed by atoms with E-state index in [0.29, 0.717) is 11.4 Å². The lowest BCUT2D eigenvalue weighted by molar-refractivity contribution is 0.952. The standard InChI is InChI=1S/C16H20N2O/c1-6-13-12(5)16(19)18-15(17-13)14-10(3)7-9(2)8-11(14)4/h7-8H,6H2,1-5H3,(H,17,18,19). The maximum absolute atomic E-state index is 12.0. The molecular formula is C16H20N2O. The maximum Gasteiger partial charge on any atom is 0.254 e. The summed E-state index contributed by atoms with van der Waals surface area (Å²) in [6.45, 7) is 10.0. The van der Waals surface area contributed by atoms with Crippen molar-refractivity contribution in [2.24, 2.45) is 0 Å². The van der Waals surface area contributed by atoms with Crippen molar-refractivity contribution in [2.75, 3.05) is 0 Å². The van der Waals surface area contributed by atoms with Crippen molar-refractivity contribution in [1.82, 2.24) is 9.97 Å². The molecule has 1 heterocycles. The van der Waals surface area contributed by atoms with E-state index in [2.05, 4.69) is 42.9 Å². The first-order valence-corrected chi connectivity index (χ1v) is 6.62. The lowest BCUT2D eigenvalue weighted by Gasteiger charge is -2.12. The third kappa shape index (κ3) is 2.46. The van der Waals surface area contributed by atoms with Crippen molar-refractivity contribution in [3.63, 3.8) is 0 Å². The fourth-order valence-electron chi connectivity index (χ4n) is 2.60. The van der Waals surface area contributed by atoms with E-state index in [0.717, 1.165) is 28.8 Å². The van der Waals surface area contributed by atoms with E-state index in [-0.39, 0.29) is 5.56 Å². The Morgan fingerprint density at radius 3 is 2.21 bits per heavy atom. The van der Waals surface area contributed by atoms with Gasteiger partial charge in [-0.2, -0.15) is 0 Å². The van der Waals surface area contributed by atoms with E-state index in [1.807, 2.05) is 13.8 Å². The molecule has 0 fully saturated rings. The number of nitrogens with zero attached hydrogens (tertiary/aromatic N) is 1. The van der Waals surface area contributed by atoms with Crippen LogP contribution in [0.1, 0.15) is 34.9 Å². The largest absolute Gasteiger partial charge is 0.306 e. The Hall–Kier alpha value is -1.90. The number of rotatable bonds is 2. The Balaban J connectivity index is 2.73. The van der Waals surface area contributed by atoms with Gasteiger partial charge in [0.25, 0.3) is 5.56 Å². The van der Waals surface area contributed by atoms with Crippen molar-refractivity contribution in [1.29, 1.82) is 0 Å². The lowest BCUT2D eigenvalue weighted by Crippen LogP contribution is -2.16. The van der Waals surface area contributed by atoms with Gasteiger partial charge in [0.15, 0.2) is 0 Å². The van der Waals surface area contributed by atoms with Crippen LogP contribution >= 0.6 is 0 Å². The van der Waals surface area contributed by atoms with Crippen LogP contribution in [0.25, 0.3) is 11.4 Å². The molecule has 3 heteroatoms. The Morgan fingerprint density at radius 1 is 1.11 bits per heavy atom. The van der Waals surface area contributed by atoms with Crippen molar-refractivity contribution >= 4 is 0 Å². The van der Waals surface area contributed by atoms with Crippen LogP contribution in [0.4, 0.5) is 0 Å². The molecule has 2 aromatic rings. The minimum atomic E-state index is -0.0405. The average molecular weight is 256 g/mol. The molecule has 1 aromatic heterocycles. The lowest BCUT2D eigenvalue weighted by atomic mass is 9.99. The molecule has 0 aliphatic rings. The van der Waals surface area contributed by atoms with Gasteiger partial charge in [0.2, 0.25) is 0 Å². The number of aromatic nitrogens is 2. The zero-order valence-electron chi connectivity index (χ0n) is 12.2. The smallest absolute Gasteiger partial charge is 0.254 e. The van der Waals surface area contributed by atoms with Crippen molar-refractivity contribution in [3.05, 3.63) is 50.4 Å². The molecule has 0 saturated heterocycles. The normalized spacial score (nSPS) is 10.8. The van der Waals surface area contributed by atoms with Crippen LogP contribution in [0.3, 0.4) is 0 Å². The molecule has 3 nitrogen and oxygen atoms in total. The third-order valence-electron chi connectivity index (χ3n) is 3.50. The summed E-state index contributed by atoms with van der Waals surface area (Å²) in [5.74, 6) is 0.683. The van der Waals surface area contributed by atoms with Gasteiger partial charge in [0, 0.05) is 11.1 Å². The molecule has 0 spiro atoms. The fourth-order valence-corrected chi connectivity index (χ4v) is 2.60. The Morgan fingerprint density at radius 2 is 1.68 bits per heavy atom. The van der Waals surface area contributed by atoms with Crippen LogP contribution in [0.5, 0.6) is 0 Å². The number of hydrogen-bond donors (Lipinski definition) is 1.